The van der Waals surface area contributed by atoms with Crippen molar-refractivity contribution in [1.29, 1.82) is 5.41 Å². The standard InChI is InChI=1S/C22H20ClN3O2S/c1-28-17-8-2-14(3-9-17)10-11-26-12-19(27)20(21(26)24)22-25-18(13-29-22)15-4-6-16(23)7-5-15/h2-9,13,24,27H,10-12H2,1H3. The molecule has 0 amide bonds. The Balaban J connectivity index is 1.45. The summed E-state index contributed by atoms with van der Waals surface area (Å²) in [4.78, 5) is 6.51. The van der Waals surface area contributed by atoms with Crippen molar-refractivity contribution in [2.45, 2.75) is 6.42 Å². The number of nitrogens with zero attached hydrogens (tertiary/aromatic N) is 2. The first-order valence-electron chi connectivity index (χ1n) is 9.16. The van der Waals surface area contributed by atoms with Crippen LogP contribution < -0.4 is 4.74 Å². The van der Waals surface area contributed by atoms with Crippen molar-refractivity contribution in [3.8, 4) is 17.0 Å². The van der Waals surface area contributed by atoms with E-state index >= 15 is 0 Å². The molecule has 0 fully saturated rings. The van der Waals surface area contributed by atoms with Crippen LogP contribution in [-0.2, 0) is 6.42 Å². The van der Waals surface area contributed by atoms with E-state index in [0.29, 0.717) is 34.5 Å². The quantitative estimate of drug-likeness (QED) is 0.564. The lowest BCUT2D eigenvalue weighted by molar-refractivity contribution is 0.351. The summed E-state index contributed by atoms with van der Waals surface area (Å²) in [7, 11) is 1.65. The predicted molar refractivity (Wildman–Crippen MR) is 118 cm³/mol. The Kier molecular flexibility index (Phi) is 5.56. The van der Waals surface area contributed by atoms with Gasteiger partial charge in [-0.05, 0) is 36.2 Å². The molecular weight excluding hydrogens is 406 g/mol. The SMILES string of the molecule is COc1ccc(CCN2CC(O)=C(c3nc(-c4ccc(Cl)cc4)cs3)C2=N)cc1. The van der Waals surface area contributed by atoms with E-state index in [1.807, 2.05) is 58.8 Å². The Morgan fingerprint density at radius 2 is 1.90 bits per heavy atom. The first-order valence-corrected chi connectivity index (χ1v) is 10.4. The lowest BCUT2D eigenvalue weighted by Gasteiger charge is -2.18. The lowest BCUT2D eigenvalue weighted by atomic mass is 10.1. The molecule has 0 unspecified atom stereocenters. The van der Waals surface area contributed by atoms with Crippen molar-refractivity contribution in [3.05, 3.63) is 75.3 Å². The highest BCUT2D eigenvalue weighted by atomic mass is 35.5. The van der Waals surface area contributed by atoms with E-state index in [1.54, 1.807) is 7.11 Å². The van der Waals surface area contributed by atoms with Gasteiger partial charge in [0.2, 0.25) is 0 Å². The monoisotopic (exact) mass is 425 g/mol. The van der Waals surface area contributed by atoms with E-state index in [4.69, 9.17) is 21.7 Å². The number of rotatable bonds is 6. The zero-order valence-electron chi connectivity index (χ0n) is 15.9. The van der Waals surface area contributed by atoms with Crippen LogP contribution >= 0.6 is 22.9 Å². The number of nitrogens with one attached hydrogen (secondary N) is 1. The van der Waals surface area contributed by atoms with Gasteiger partial charge in [0, 0.05) is 22.5 Å². The van der Waals surface area contributed by atoms with Crippen LogP contribution in [0.3, 0.4) is 0 Å². The highest BCUT2D eigenvalue weighted by Crippen LogP contribution is 2.32. The van der Waals surface area contributed by atoms with Crippen molar-refractivity contribution in [2.24, 2.45) is 0 Å². The number of hydrogen-bond donors (Lipinski definition) is 2. The van der Waals surface area contributed by atoms with E-state index in [9.17, 15) is 5.11 Å². The second-order valence-corrected chi connectivity index (χ2v) is 8.03. The Hall–Kier alpha value is -2.83. The minimum Gasteiger partial charge on any atom is -0.510 e. The lowest BCUT2D eigenvalue weighted by Crippen LogP contribution is -2.28. The maximum Gasteiger partial charge on any atom is 0.135 e. The summed E-state index contributed by atoms with van der Waals surface area (Å²) < 4.78 is 5.18. The van der Waals surface area contributed by atoms with Gasteiger partial charge in [-0.15, -0.1) is 11.3 Å². The fourth-order valence-electron chi connectivity index (χ4n) is 3.25. The maximum absolute atomic E-state index is 10.5. The Morgan fingerprint density at radius 3 is 2.59 bits per heavy atom. The molecule has 0 radical (unpaired) electrons. The molecule has 0 saturated heterocycles. The average molecular weight is 426 g/mol. The molecule has 2 N–H and O–H groups in total. The molecule has 4 rings (SSSR count). The number of methoxy groups -OCH3 is 1. The van der Waals surface area contributed by atoms with Gasteiger partial charge < -0.3 is 14.7 Å². The van der Waals surface area contributed by atoms with Crippen molar-refractivity contribution in [2.75, 3.05) is 20.2 Å². The van der Waals surface area contributed by atoms with Gasteiger partial charge >= 0.3 is 0 Å². The van der Waals surface area contributed by atoms with Crippen LogP contribution in [0.15, 0.2) is 59.7 Å². The van der Waals surface area contributed by atoms with Crippen molar-refractivity contribution < 1.29 is 9.84 Å². The molecule has 148 valence electrons. The molecule has 7 heteroatoms. The van der Waals surface area contributed by atoms with Crippen LogP contribution in [-0.4, -0.2) is 41.0 Å². The van der Waals surface area contributed by atoms with Crippen LogP contribution in [0.5, 0.6) is 5.75 Å². The minimum absolute atomic E-state index is 0.196. The average Bonchev–Trinajstić information content (AvgIpc) is 3.31. The topological polar surface area (TPSA) is 69.4 Å². The van der Waals surface area contributed by atoms with E-state index in [1.165, 1.54) is 11.3 Å². The number of aromatic nitrogens is 1. The van der Waals surface area contributed by atoms with Gasteiger partial charge in [-0.2, -0.15) is 0 Å². The Morgan fingerprint density at radius 1 is 1.17 bits per heavy atom. The summed E-state index contributed by atoms with van der Waals surface area (Å²) in [6.45, 7) is 0.980. The van der Waals surface area contributed by atoms with Crippen molar-refractivity contribution in [3.63, 3.8) is 0 Å². The highest BCUT2D eigenvalue weighted by molar-refractivity contribution is 7.11. The summed E-state index contributed by atoms with van der Waals surface area (Å²) in [5, 5.41) is 22.3. The zero-order valence-corrected chi connectivity index (χ0v) is 17.4. The van der Waals surface area contributed by atoms with E-state index in [0.717, 1.165) is 29.0 Å². The number of hydrogen-bond acceptors (Lipinski definition) is 5. The number of halogens is 1. The fraction of sp³-hybridized carbons (Fsp3) is 0.182. The minimum atomic E-state index is 0.196. The Bertz CT molecular complexity index is 1060. The summed E-state index contributed by atoms with van der Waals surface area (Å²) in [5.41, 5.74) is 3.44. The van der Waals surface area contributed by atoms with Gasteiger partial charge in [0.15, 0.2) is 0 Å². The molecule has 0 bridgehead atoms. The molecule has 0 aliphatic carbocycles. The summed E-state index contributed by atoms with van der Waals surface area (Å²) in [6.07, 6.45) is 0.779. The second-order valence-electron chi connectivity index (χ2n) is 6.73. The molecule has 1 aliphatic rings. The second kappa shape index (κ2) is 8.27. The van der Waals surface area contributed by atoms with Crippen LogP contribution in [0, 0.1) is 5.41 Å². The molecular formula is C22H20ClN3O2S. The summed E-state index contributed by atoms with van der Waals surface area (Å²) >= 11 is 7.38. The third-order valence-corrected chi connectivity index (χ3v) is 5.98. The van der Waals surface area contributed by atoms with Gasteiger partial charge in [0.1, 0.15) is 22.4 Å². The molecule has 1 aromatic heterocycles. The van der Waals surface area contributed by atoms with Crippen LogP contribution in [0.4, 0.5) is 0 Å². The van der Waals surface area contributed by atoms with E-state index in [2.05, 4.69) is 4.98 Å². The number of aliphatic hydroxyl groups excluding tert-OH is 1. The molecule has 0 atom stereocenters. The van der Waals surface area contributed by atoms with Crippen LogP contribution in [0.25, 0.3) is 16.8 Å². The van der Waals surface area contributed by atoms with Crippen molar-refractivity contribution in [1.82, 2.24) is 9.88 Å². The normalized spacial score (nSPS) is 14.0. The first kappa shape index (κ1) is 19.5. The first-order chi connectivity index (χ1) is 14.0. The number of ether oxygens (including phenoxy) is 1. The molecule has 1 aliphatic heterocycles. The zero-order chi connectivity index (χ0) is 20.4. The Labute approximate surface area is 178 Å². The molecule has 2 heterocycles. The predicted octanol–water partition coefficient (Wildman–Crippen LogP) is 5.28. The van der Waals surface area contributed by atoms with Crippen molar-refractivity contribution >= 4 is 34.3 Å². The highest BCUT2D eigenvalue weighted by Gasteiger charge is 2.30. The smallest absolute Gasteiger partial charge is 0.135 e. The van der Waals surface area contributed by atoms with Gasteiger partial charge in [-0.25, -0.2) is 4.98 Å². The molecule has 5 nitrogen and oxygen atoms in total. The third kappa shape index (κ3) is 4.13. The molecule has 3 aromatic rings. The number of benzene rings is 2. The number of amidine groups is 1. The van der Waals surface area contributed by atoms with Gasteiger partial charge in [0.25, 0.3) is 0 Å². The summed E-state index contributed by atoms with van der Waals surface area (Å²) in [6, 6.07) is 15.4. The molecule has 2 aromatic carbocycles. The third-order valence-electron chi connectivity index (χ3n) is 4.87. The van der Waals surface area contributed by atoms with Gasteiger partial charge in [0.05, 0.1) is 24.9 Å². The molecule has 29 heavy (non-hydrogen) atoms. The number of aliphatic hydroxyl groups is 1. The van der Waals surface area contributed by atoms with Gasteiger partial charge in [-0.1, -0.05) is 35.9 Å². The number of thiazole rings is 1. The largest absolute Gasteiger partial charge is 0.510 e. The van der Waals surface area contributed by atoms with Crippen LogP contribution in [0.2, 0.25) is 5.02 Å². The maximum atomic E-state index is 10.5. The summed E-state index contributed by atoms with van der Waals surface area (Å²) in [5.74, 6) is 1.33. The van der Waals surface area contributed by atoms with E-state index in [-0.39, 0.29) is 5.76 Å². The fourth-order valence-corrected chi connectivity index (χ4v) is 4.27. The van der Waals surface area contributed by atoms with E-state index < -0.39 is 0 Å². The molecule has 0 spiro atoms. The van der Waals surface area contributed by atoms with Crippen LogP contribution in [0.1, 0.15) is 10.6 Å². The molecule has 0 saturated carbocycles. The van der Waals surface area contributed by atoms with Gasteiger partial charge in [-0.3, -0.25) is 5.41 Å².